The molecule has 0 radical (unpaired) electrons. The molecule has 2 aromatic carbocycles. The van der Waals surface area contributed by atoms with Gasteiger partial charge in [0.1, 0.15) is 23.8 Å². The second-order valence-electron chi connectivity index (χ2n) is 8.87. The molecule has 1 aliphatic rings. The molecule has 198 valence electrons. The average Bonchev–Trinajstić information content (AvgIpc) is 2.89. The first kappa shape index (κ1) is 26.7. The maximum atomic E-state index is 13.9. The number of nitrogens with one attached hydrogen (secondary N) is 1. The number of hydrogen-bond acceptors (Lipinski definition) is 7. The Morgan fingerprint density at radius 3 is 2.45 bits per heavy atom. The molecule has 8 nitrogen and oxygen atoms in total. The molecule has 3 aromatic rings. The minimum atomic E-state index is -1.09. The third-order valence-electron chi connectivity index (χ3n) is 6.26. The molecule has 0 saturated carbocycles. The van der Waals surface area contributed by atoms with E-state index in [1.165, 1.54) is 57.5 Å². The largest absolute Gasteiger partial charge is 0.493 e. The first-order valence-corrected chi connectivity index (χ1v) is 11.9. The first-order chi connectivity index (χ1) is 18.2. The maximum Gasteiger partial charge on any atom is 0.328 e. The molecule has 1 N–H and O–H groups in total. The van der Waals surface area contributed by atoms with E-state index >= 15 is 0 Å². The fourth-order valence-corrected chi connectivity index (χ4v) is 4.52. The Hall–Kier alpha value is -4.34. The van der Waals surface area contributed by atoms with Crippen LogP contribution in [0.3, 0.4) is 0 Å². The molecular weight excluding hydrogens is 498 g/mol. The average molecular weight is 525 g/mol. The summed E-state index contributed by atoms with van der Waals surface area (Å²) in [5.74, 6) is -3.45. The highest BCUT2D eigenvalue weighted by Crippen LogP contribution is 2.39. The van der Waals surface area contributed by atoms with Gasteiger partial charge in [-0.3, -0.25) is 9.59 Å². The van der Waals surface area contributed by atoms with E-state index in [4.69, 9.17) is 14.2 Å². The fraction of sp³-hybridized carbons (Fsp3) is 0.286. The van der Waals surface area contributed by atoms with Gasteiger partial charge in [0.05, 0.1) is 7.11 Å². The van der Waals surface area contributed by atoms with Crippen molar-refractivity contribution in [3.8, 4) is 11.5 Å². The van der Waals surface area contributed by atoms with Crippen LogP contribution in [0.15, 0.2) is 54.7 Å². The Morgan fingerprint density at radius 1 is 1.05 bits per heavy atom. The molecule has 0 fully saturated rings. The first-order valence-electron chi connectivity index (χ1n) is 11.9. The minimum Gasteiger partial charge on any atom is -0.493 e. The van der Waals surface area contributed by atoms with Crippen LogP contribution in [0.4, 0.5) is 8.78 Å². The summed E-state index contributed by atoms with van der Waals surface area (Å²) in [6, 6.07) is 10.6. The monoisotopic (exact) mass is 524 g/mol. The molecule has 3 atom stereocenters. The number of hydrogen-bond donors (Lipinski definition) is 1. The molecule has 1 aromatic heterocycles. The van der Waals surface area contributed by atoms with Crippen molar-refractivity contribution in [3.63, 3.8) is 0 Å². The molecule has 2 unspecified atom stereocenters. The van der Waals surface area contributed by atoms with Crippen molar-refractivity contribution in [2.24, 2.45) is 0 Å². The quantitative estimate of drug-likeness (QED) is 0.464. The summed E-state index contributed by atoms with van der Waals surface area (Å²) in [5.41, 5.74) is 2.04. The topological polar surface area (TPSA) is 104 Å². The number of amides is 1. The van der Waals surface area contributed by atoms with Gasteiger partial charge in [0.2, 0.25) is 5.75 Å². The number of methoxy groups -OCH3 is 1. The van der Waals surface area contributed by atoms with Crippen LogP contribution in [0.5, 0.6) is 11.5 Å². The van der Waals surface area contributed by atoms with Crippen molar-refractivity contribution in [2.75, 3.05) is 7.11 Å². The summed E-state index contributed by atoms with van der Waals surface area (Å²) in [6.45, 7) is 2.62. The highest BCUT2D eigenvalue weighted by molar-refractivity contribution is 5.98. The summed E-state index contributed by atoms with van der Waals surface area (Å²) in [5, 5.41) is 2.52. The number of carbonyl (C=O) groups is 3. The van der Waals surface area contributed by atoms with E-state index in [-0.39, 0.29) is 23.0 Å². The van der Waals surface area contributed by atoms with E-state index in [1.54, 1.807) is 18.2 Å². The smallest absolute Gasteiger partial charge is 0.328 e. The zero-order valence-corrected chi connectivity index (χ0v) is 21.0. The predicted molar refractivity (Wildman–Crippen MR) is 132 cm³/mol. The zero-order valence-electron chi connectivity index (χ0n) is 21.0. The highest BCUT2D eigenvalue weighted by Gasteiger charge is 2.35. The second kappa shape index (κ2) is 11.4. The number of esters is 2. The molecule has 4 rings (SSSR count). The summed E-state index contributed by atoms with van der Waals surface area (Å²) in [6.07, 6.45) is 1.54. The Balaban J connectivity index is 1.54. The summed E-state index contributed by atoms with van der Waals surface area (Å²) < 4.78 is 43.6. The molecule has 0 aliphatic heterocycles. The predicted octanol–water partition coefficient (Wildman–Crippen LogP) is 4.10. The fourth-order valence-electron chi connectivity index (χ4n) is 4.52. The second-order valence-corrected chi connectivity index (χ2v) is 8.87. The van der Waals surface area contributed by atoms with Crippen LogP contribution in [0, 0.1) is 11.6 Å². The Bertz CT molecular complexity index is 1360. The third kappa shape index (κ3) is 5.80. The SMILES string of the molecule is COc1ccnc(C(=O)N[C@@H](C)C(=O)OC2CCc3cc(F)ccc3C2c2ccc(F)cc2)c1OC(C)=O. The minimum absolute atomic E-state index is 0.120. The summed E-state index contributed by atoms with van der Waals surface area (Å²) in [7, 11) is 1.35. The number of halogens is 2. The van der Waals surface area contributed by atoms with Crippen LogP contribution in [0.25, 0.3) is 0 Å². The van der Waals surface area contributed by atoms with Crippen molar-refractivity contribution in [1.29, 1.82) is 0 Å². The lowest BCUT2D eigenvalue weighted by Gasteiger charge is -2.34. The van der Waals surface area contributed by atoms with Gasteiger partial charge in [-0.25, -0.2) is 18.6 Å². The lowest BCUT2D eigenvalue weighted by atomic mass is 9.77. The van der Waals surface area contributed by atoms with Gasteiger partial charge in [-0.15, -0.1) is 0 Å². The van der Waals surface area contributed by atoms with Gasteiger partial charge in [0.25, 0.3) is 5.91 Å². The van der Waals surface area contributed by atoms with Gasteiger partial charge < -0.3 is 19.5 Å². The van der Waals surface area contributed by atoms with Crippen molar-refractivity contribution in [2.45, 2.75) is 44.8 Å². The summed E-state index contributed by atoms with van der Waals surface area (Å²) >= 11 is 0. The molecule has 0 bridgehead atoms. The number of benzene rings is 2. The Kier molecular flexibility index (Phi) is 7.99. The number of carbonyl (C=O) groups excluding carboxylic acids is 3. The number of pyridine rings is 1. The molecule has 1 aliphatic carbocycles. The number of rotatable bonds is 7. The Labute approximate surface area is 217 Å². The van der Waals surface area contributed by atoms with Gasteiger partial charge >= 0.3 is 11.9 Å². The van der Waals surface area contributed by atoms with E-state index in [9.17, 15) is 23.2 Å². The van der Waals surface area contributed by atoms with E-state index < -0.39 is 41.7 Å². The number of ether oxygens (including phenoxy) is 3. The number of aryl methyl sites for hydroxylation is 1. The summed E-state index contributed by atoms with van der Waals surface area (Å²) in [4.78, 5) is 41.5. The highest BCUT2D eigenvalue weighted by atomic mass is 19.1. The van der Waals surface area contributed by atoms with Crippen LogP contribution in [-0.4, -0.2) is 42.1 Å². The van der Waals surface area contributed by atoms with E-state index in [0.717, 1.165) is 11.1 Å². The van der Waals surface area contributed by atoms with E-state index in [0.29, 0.717) is 18.4 Å². The van der Waals surface area contributed by atoms with Gasteiger partial charge in [-0.05, 0) is 60.7 Å². The lowest BCUT2D eigenvalue weighted by molar-refractivity contribution is -0.152. The van der Waals surface area contributed by atoms with Crippen LogP contribution in [-0.2, 0) is 20.7 Å². The van der Waals surface area contributed by atoms with Gasteiger partial charge in [0, 0.05) is 25.1 Å². The van der Waals surface area contributed by atoms with Gasteiger partial charge in [-0.1, -0.05) is 18.2 Å². The molecule has 1 amide bonds. The van der Waals surface area contributed by atoms with Crippen LogP contribution >= 0.6 is 0 Å². The molecule has 1 heterocycles. The Morgan fingerprint density at radius 2 is 1.76 bits per heavy atom. The number of aromatic nitrogens is 1. The van der Waals surface area contributed by atoms with Crippen LogP contribution in [0.1, 0.15) is 53.4 Å². The van der Waals surface area contributed by atoms with Gasteiger partial charge in [0.15, 0.2) is 11.4 Å². The molecule has 38 heavy (non-hydrogen) atoms. The number of nitrogens with zero attached hydrogens (tertiary/aromatic N) is 1. The maximum absolute atomic E-state index is 13.9. The third-order valence-corrected chi connectivity index (χ3v) is 6.26. The molecule has 0 spiro atoms. The lowest BCUT2D eigenvalue weighted by Crippen LogP contribution is -2.43. The van der Waals surface area contributed by atoms with Crippen molar-refractivity contribution < 1.29 is 37.4 Å². The zero-order chi connectivity index (χ0) is 27.4. The van der Waals surface area contributed by atoms with E-state index in [2.05, 4.69) is 10.3 Å². The number of fused-ring (bicyclic) bond motifs is 1. The van der Waals surface area contributed by atoms with Crippen molar-refractivity contribution >= 4 is 17.8 Å². The standard InChI is InChI=1S/C28H26F2N2O6/c1-15(32-27(34)25-26(37-16(2)33)23(36-3)12-13-31-25)28(35)38-22-11-6-18-14-20(30)9-10-21(18)24(22)17-4-7-19(29)8-5-17/h4-5,7-10,12-15,22,24H,6,11H2,1-3H3,(H,32,34)/t15-,22?,24?/m0/s1. The van der Waals surface area contributed by atoms with Crippen LogP contribution < -0.4 is 14.8 Å². The molecule has 10 heteroatoms. The van der Waals surface area contributed by atoms with E-state index in [1.807, 2.05) is 0 Å². The molecule has 0 saturated heterocycles. The normalized spacial score (nSPS) is 17.1. The molecular formula is C28H26F2N2O6. The van der Waals surface area contributed by atoms with Crippen molar-refractivity contribution in [1.82, 2.24) is 10.3 Å². The van der Waals surface area contributed by atoms with Crippen molar-refractivity contribution in [3.05, 3.63) is 88.7 Å². The van der Waals surface area contributed by atoms with Gasteiger partial charge in [-0.2, -0.15) is 0 Å². The van der Waals surface area contributed by atoms with Crippen LogP contribution in [0.2, 0.25) is 0 Å².